The lowest BCUT2D eigenvalue weighted by atomic mass is 10.1. The van der Waals surface area contributed by atoms with E-state index in [-0.39, 0.29) is 23.4 Å². The molecule has 2 aromatic rings. The van der Waals surface area contributed by atoms with Crippen molar-refractivity contribution < 1.29 is 17.9 Å². The number of carbonyl (C=O) groups is 1. The molecule has 1 aliphatic rings. The topological polar surface area (TPSA) is 87.7 Å². The van der Waals surface area contributed by atoms with E-state index in [0.717, 1.165) is 10.0 Å². The van der Waals surface area contributed by atoms with Gasteiger partial charge in [-0.15, -0.1) is 0 Å². The lowest BCUT2D eigenvalue weighted by Crippen LogP contribution is -2.40. The Hall–Kier alpha value is -1.94. The molecule has 0 aliphatic carbocycles. The summed E-state index contributed by atoms with van der Waals surface area (Å²) in [6.45, 7) is 5.20. The van der Waals surface area contributed by atoms with Gasteiger partial charge in [-0.1, -0.05) is 34.1 Å². The number of halogens is 1. The van der Waals surface area contributed by atoms with Crippen LogP contribution in [0.4, 0.5) is 5.69 Å². The Bertz CT molecular complexity index is 990. The summed E-state index contributed by atoms with van der Waals surface area (Å²) in [5.41, 5.74) is 2.25. The summed E-state index contributed by atoms with van der Waals surface area (Å²) in [4.78, 5) is 12.6. The molecule has 7 nitrogen and oxygen atoms in total. The average Bonchev–Trinajstić information content (AvgIpc) is 2.74. The summed E-state index contributed by atoms with van der Waals surface area (Å²) in [5, 5.41) is 5.96. The van der Waals surface area contributed by atoms with Crippen molar-refractivity contribution in [3.05, 3.63) is 58.1 Å². The minimum atomic E-state index is -3.60. The highest BCUT2D eigenvalue weighted by Crippen LogP contribution is 2.24. The lowest BCUT2D eigenvalue weighted by molar-refractivity contribution is -0.120. The second-order valence-corrected chi connectivity index (χ2v) is 10.0. The Morgan fingerprint density at radius 2 is 1.83 bits per heavy atom. The van der Waals surface area contributed by atoms with Crippen LogP contribution in [0.1, 0.15) is 24.1 Å². The second-order valence-electron chi connectivity index (χ2n) is 7.19. The first-order valence-electron chi connectivity index (χ1n) is 9.74. The Kier molecular flexibility index (Phi) is 7.51. The molecule has 0 aromatic heterocycles. The summed E-state index contributed by atoms with van der Waals surface area (Å²) in [5.74, 6) is -0.177. The van der Waals surface area contributed by atoms with Gasteiger partial charge in [0.1, 0.15) is 0 Å². The maximum Gasteiger partial charge on any atom is 0.243 e. The molecule has 0 spiro atoms. The quantitative estimate of drug-likeness (QED) is 0.616. The summed E-state index contributed by atoms with van der Waals surface area (Å²) in [6.07, 6.45) is 0. The maximum atomic E-state index is 13.0. The molecule has 0 saturated carbocycles. The molecule has 9 heteroatoms. The molecule has 1 atom stereocenters. The van der Waals surface area contributed by atoms with Crippen LogP contribution in [0.25, 0.3) is 0 Å². The second kappa shape index (κ2) is 9.91. The Labute approximate surface area is 186 Å². The smallest absolute Gasteiger partial charge is 0.243 e. The average molecular weight is 496 g/mol. The first kappa shape index (κ1) is 22.7. The van der Waals surface area contributed by atoms with Gasteiger partial charge < -0.3 is 15.4 Å². The van der Waals surface area contributed by atoms with Gasteiger partial charge in [0.25, 0.3) is 0 Å². The minimum absolute atomic E-state index is 0.0426. The third kappa shape index (κ3) is 5.60. The van der Waals surface area contributed by atoms with E-state index in [0.29, 0.717) is 37.6 Å². The van der Waals surface area contributed by atoms with Crippen LogP contribution in [-0.2, 0) is 19.6 Å². The lowest BCUT2D eigenvalue weighted by Gasteiger charge is -2.27. The number of ether oxygens (including phenoxy) is 1. The van der Waals surface area contributed by atoms with Gasteiger partial charge in [-0.25, -0.2) is 8.42 Å². The van der Waals surface area contributed by atoms with Crippen LogP contribution >= 0.6 is 15.9 Å². The molecule has 1 aliphatic heterocycles. The monoisotopic (exact) mass is 495 g/mol. The van der Waals surface area contributed by atoms with Gasteiger partial charge in [-0.2, -0.15) is 4.31 Å². The van der Waals surface area contributed by atoms with Crippen molar-refractivity contribution in [3.63, 3.8) is 0 Å². The number of rotatable bonds is 7. The van der Waals surface area contributed by atoms with Crippen molar-refractivity contribution in [2.75, 3.05) is 38.2 Å². The van der Waals surface area contributed by atoms with Gasteiger partial charge in [-0.05, 0) is 49.2 Å². The van der Waals surface area contributed by atoms with Gasteiger partial charge in [0, 0.05) is 23.2 Å². The third-order valence-electron chi connectivity index (χ3n) is 4.98. The van der Waals surface area contributed by atoms with E-state index in [2.05, 4.69) is 26.6 Å². The predicted molar refractivity (Wildman–Crippen MR) is 120 cm³/mol. The van der Waals surface area contributed by atoms with E-state index < -0.39 is 10.0 Å². The molecule has 3 rings (SSSR count). The maximum absolute atomic E-state index is 13.0. The Balaban J connectivity index is 1.63. The highest BCUT2D eigenvalue weighted by Gasteiger charge is 2.28. The first-order chi connectivity index (χ1) is 14.3. The summed E-state index contributed by atoms with van der Waals surface area (Å²) < 4.78 is 33.6. The molecular weight excluding hydrogens is 470 g/mol. The minimum Gasteiger partial charge on any atom is -0.379 e. The predicted octanol–water partition coefficient (Wildman–Crippen LogP) is 3.07. The van der Waals surface area contributed by atoms with E-state index in [1.165, 1.54) is 4.31 Å². The van der Waals surface area contributed by atoms with Crippen LogP contribution in [0.3, 0.4) is 0 Å². The van der Waals surface area contributed by atoms with E-state index in [9.17, 15) is 13.2 Å². The van der Waals surface area contributed by atoms with Crippen molar-refractivity contribution in [2.45, 2.75) is 24.8 Å². The van der Waals surface area contributed by atoms with Crippen molar-refractivity contribution >= 4 is 37.5 Å². The van der Waals surface area contributed by atoms with E-state index in [1.54, 1.807) is 25.1 Å². The van der Waals surface area contributed by atoms with Crippen molar-refractivity contribution in [1.29, 1.82) is 0 Å². The number of hydrogen-bond acceptors (Lipinski definition) is 5. The van der Waals surface area contributed by atoms with Crippen LogP contribution in [0.15, 0.2) is 51.8 Å². The Morgan fingerprint density at radius 3 is 2.50 bits per heavy atom. The molecule has 0 radical (unpaired) electrons. The molecule has 1 heterocycles. The first-order valence-corrected chi connectivity index (χ1v) is 12.0. The summed E-state index contributed by atoms with van der Waals surface area (Å²) >= 11 is 3.40. The van der Waals surface area contributed by atoms with Gasteiger partial charge >= 0.3 is 0 Å². The number of hydrogen-bond donors (Lipinski definition) is 2. The number of nitrogens with one attached hydrogen (secondary N) is 2. The Morgan fingerprint density at radius 1 is 1.17 bits per heavy atom. The molecule has 2 N–H and O–H groups in total. The standard InChI is InChI=1S/C21H26BrN3O4S/c1-15-3-8-19(13-20(15)30(27,28)25-9-11-29-12-10-25)23-14-21(26)24-16(2)17-4-6-18(22)7-5-17/h3-8,13,16,23H,9-12,14H2,1-2H3,(H,24,26). The summed E-state index contributed by atoms with van der Waals surface area (Å²) in [7, 11) is -3.60. The van der Waals surface area contributed by atoms with Crippen LogP contribution in [0.2, 0.25) is 0 Å². The number of aryl methyl sites for hydroxylation is 1. The van der Waals surface area contributed by atoms with Gasteiger partial charge in [0.2, 0.25) is 15.9 Å². The molecule has 2 aromatic carbocycles. The molecule has 1 saturated heterocycles. The number of amides is 1. The molecule has 1 amide bonds. The SMILES string of the molecule is Cc1ccc(NCC(=O)NC(C)c2ccc(Br)cc2)cc1S(=O)(=O)N1CCOCC1. The fourth-order valence-corrected chi connectivity index (χ4v) is 5.15. The van der Waals surface area contributed by atoms with Crippen molar-refractivity contribution in [1.82, 2.24) is 9.62 Å². The zero-order chi connectivity index (χ0) is 21.7. The normalized spacial score (nSPS) is 16.1. The molecule has 1 fully saturated rings. The number of morpholine rings is 1. The van der Waals surface area contributed by atoms with Crippen LogP contribution in [-0.4, -0.2) is 51.5 Å². The molecular formula is C21H26BrN3O4S. The van der Waals surface area contributed by atoms with Gasteiger partial charge in [0.15, 0.2) is 0 Å². The van der Waals surface area contributed by atoms with Crippen molar-refractivity contribution in [3.8, 4) is 0 Å². The third-order valence-corrected chi connectivity index (χ3v) is 7.55. The highest BCUT2D eigenvalue weighted by molar-refractivity contribution is 9.10. The number of sulfonamides is 1. The van der Waals surface area contributed by atoms with Crippen molar-refractivity contribution in [2.24, 2.45) is 0 Å². The fraction of sp³-hybridized carbons (Fsp3) is 0.381. The van der Waals surface area contributed by atoms with Crippen LogP contribution in [0.5, 0.6) is 0 Å². The highest BCUT2D eigenvalue weighted by atomic mass is 79.9. The van der Waals surface area contributed by atoms with Gasteiger partial charge in [0.05, 0.1) is 30.7 Å². The number of benzene rings is 2. The summed E-state index contributed by atoms with van der Waals surface area (Å²) in [6, 6.07) is 12.7. The number of anilines is 1. The van der Waals surface area contributed by atoms with E-state index >= 15 is 0 Å². The molecule has 30 heavy (non-hydrogen) atoms. The largest absolute Gasteiger partial charge is 0.379 e. The zero-order valence-corrected chi connectivity index (χ0v) is 19.4. The van der Waals surface area contributed by atoms with E-state index in [1.807, 2.05) is 31.2 Å². The van der Waals surface area contributed by atoms with Crippen LogP contribution < -0.4 is 10.6 Å². The van der Waals surface area contributed by atoms with E-state index in [4.69, 9.17) is 4.74 Å². The van der Waals surface area contributed by atoms with Crippen LogP contribution in [0, 0.1) is 6.92 Å². The zero-order valence-electron chi connectivity index (χ0n) is 17.0. The van der Waals surface area contributed by atoms with Gasteiger partial charge in [-0.3, -0.25) is 4.79 Å². The number of carbonyl (C=O) groups excluding carboxylic acids is 1. The number of nitrogens with zero attached hydrogens (tertiary/aromatic N) is 1. The fourth-order valence-electron chi connectivity index (χ4n) is 3.22. The molecule has 1 unspecified atom stereocenters. The molecule has 0 bridgehead atoms. The molecule has 162 valence electrons.